The van der Waals surface area contributed by atoms with Crippen molar-refractivity contribution < 1.29 is 9.50 Å². The molecule has 1 atom stereocenters. The summed E-state index contributed by atoms with van der Waals surface area (Å²) < 4.78 is 14.7. The fourth-order valence-corrected chi connectivity index (χ4v) is 2.74. The number of nitrogens with zero attached hydrogens (tertiary/aromatic N) is 1. The summed E-state index contributed by atoms with van der Waals surface area (Å²) in [7, 11) is 0. The van der Waals surface area contributed by atoms with Crippen LogP contribution in [0.5, 0.6) is 0 Å². The molecule has 0 heterocycles. The molecule has 0 aliphatic carbocycles. The highest BCUT2D eigenvalue weighted by atomic mass is 19.1. The fourth-order valence-electron chi connectivity index (χ4n) is 2.74. The van der Waals surface area contributed by atoms with Gasteiger partial charge in [0.05, 0.1) is 12.3 Å². The van der Waals surface area contributed by atoms with Gasteiger partial charge in [-0.25, -0.2) is 4.39 Å². The van der Waals surface area contributed by atoms with Gasteiger partial charge in [0.2, 0.25) is 0 Å². The first-order valence-electron chi connectivity index (χ1n) is 8.58. The van der Waals surface area contributed by atoms with E-state index in [0.29, 0.717) is 18.8 Å². The largest absolute Gasteiger partial charge is 0.395 e. The molecule has 0 aliphatic rings. The zero-order valence-corrected chi connectivity index (χ0v) is 14.5. The molecule has 2 aromatic rings. The number of benzene rings is 2. The molecule has 0 saturated heterocycles. The Morgan fingerprint density at radius 2 is 1.92 bits per heavy atom. The molecule has 0 amide bonds. The van der Waals surface area contributed by atoms with Gasteiger partial charge in [-0.15, -0.1) is 0 Å². The van der Waals surface area contributed by atoms with Gasteiger partial charge in [0.25, 0.3) is 0 Å². The molecular weight excluding hydrogens is 303 g/mol. The van der Waals surface area contributed by atoms with E-state index in [9.17, 15) is 9.50 Å². The first kappa shape index (κ1) is 18.4. The highest BCUT2D eigenvalue weighted by molar-refractivity contribution is 5.50. The summed E-state index contributed by atoms with van der Waals surface area (Å²) in [6.45, 7) is 6.02. The zero-order chi connectivity index (χ0) is 17.4. The van der Waals surface area contributed by atoms with Gasteiger partial charge in [0.1, 0.15) is 5.82 Å². The number of halogens is 1. The maximum atomic E-state index is 14.7. The smallest absolute Gasteiger partial charge is 0.146 e. The van der Waals surface area contributed by atoms with Crippen molar-refractivity contribution in [3.8, 4) is 0 Å². The van der Waals surface area contributed by atoms with Gasteiger partial charge in [0, 0.05) is 19.1 Å². The van der Waals surface area contributed by atoms with Crippen LogP contribution in [0.4, 0.5) is 10.1 Å². The van der Waals surface area contributed by atoms with Gasteiger partial charge >= 0.3 is 0 Å². The van der Waals surface area contributed by atoms with E-state index in [1.54, 1.807) is 6.07 Å². The van der Waals surface area contributed by atoms with Gasteiger partial charge in [-0.3, -0.25) is 0 Å². The summed E-state index contributed by atoms with van der Waals surface area (Å²) in [5.74, 6) is -0.248. The summed E-state index contributed by atoms with van der Waals surface area (Å²) in [5, 5.41) is 12.7. The lowest BCUT2D eigenvalue weighted by Crippen LogP contribution is -2.27. The Kier molecular flexibility index (Phi) is 7.22. The van der Waals surface area contributed by atoms with Crippen molar-refractivity contribution in [2.75, 3.05) is 24.6 Å². The molecule has 0 aliphatic heterocycles. The van der Waals surface area contributed by atoms with Crippen molar-refractivity contribution in [2.24, 2.45) is 0 Å². The van der Waals surface area contributed by atoms with Crippen molar-refractivity contribution in [3.63, 3.8) is 0 Å². The zero-order valence-electron chi connectivity index (χ0n) is 14.5. The Morgan fingerprint density at radius 1 is 1.17 bits per heavy atom. The van der Waals surface area contributed by atoms with Gasteiger partial charge < -0.3 is 15.3 Å². The SMILES string of the molecule is CCCNC(C)c1ccc(N(CCO)Cc2ccccc2)c(F)c1. The van der Waals surface area contributed by atoms with Gasteiger partial charge in [-0.2, -0.15) is 0 Å². The molecule has 0 radical (unpaired) electrons. The number of hydrogen-bond donors (Lipinski definition) is 2. The second-order valence-electron chi connectivity index (χ2n) is 6.02. The quantitative estimate of drug-likeness (QED) is 0.732. The van der Waals surface area contributed by atoms with E-state index >= 15 is 0 Å². The standard InChI is InChI=1S/C20H27FN2O/c1-3-11-22-16(2)18-9-10-20(19(21)14-18)23(12-13-24)15-17-7-5-4-6-8-17/h4-10,14,16,22,24H,3,11-13,15H2,1-2H3. The lowest BCUT2D eigenvalue weighted by molar-refractivity contribution is 0.301. The van der Waals surface area contributed by atoms with Gasteiger partial charge in [-0.05, 0) is 43.1 Å². The van der Waals surface area contributed by atoms with Crippen molar-refractivity contribution in [1.82, 2.24) is 5.32 Å². The fraction of sp³-hybridized carbons (Fsp3) is 0.400. The molecule has 0 bridgehead atoms. The molecule has 2 rings (SSSR count). The molecule has 4 heteroatoms. The number of nitrogens with one attached hydrogen (secondary N) is 1. The van der Waals surface area contributed by atoms with Gasteiger partial charge in [-0.1, -0.05) is 43.3 Å². The van der Waals surface area contributed by atoms with Crippen LogP contribution in [0, 0.1) is 5.82 Å². The maximum absolute atomic E-state index is 14.7. The van der Waals surface area contributed by atoms with E-state index in [1.165, 1.54) is 0 Å². The molecule has 0 aromatic heterocycles. The van der Waals surface area contributed by atoms with Crippen molar-refractivity contribution >= 4 is 5.69 Å². The van der Waals surface area contributed by atoms with Crippen molar-refractivity contribution in [3.05, 3.63) is 65.5 Å². The minimum absolute atomic E-state index is 0.0114. The summed E-state index contributed by atoms with van der Waals surface area (Å²) in [5.41, 5.74) is 2.56. The lowest BCUT2D eigenvalue weighted by Gasteiger charge is -2.25. The Balaban J connectivity index is 2.17. The van der Waals surface area contributed by atoms with Crippen LogP contribution in [0.2, 0.25) is 0 Å². The van der Waals surface area contributed by atoms with Crippen LogP contribution in [-0.4, -0.2) is 24.8 Å². The second kappa shape index (κ2) is 9.40. The van der Waals surface area contributed by atoms with E-state index in [4.69, 9.17) is 0 Å². The first-order valence-corrected chi connectivity index (χ1v) is 8.58. The number of rotatable bonds is 9. The van der Waals surface area contributed by atoms with Crippen molar-refractivity contribution in [2.45, 2.75) is 32.9 Å². The maximum Gasteiger partial charge on any atom is 0.146 e. The van der Waals surface area contributed by atoms with Gasteiger partial charge in [0.15, 0.2) is 0 Å². The van der Waals surface area contributed by atoms with E-state index < -0.39 is 0 Å². The van der Waals surface area contributed by atoms with Crippen LogP contribution in [0.3, 0.4) is 0 Å². The summed E-state index contributed by atoms with van der Waals surface area (Å²) in [6.07, 6.45) is 1.05. The minimum atomic E-state index is -0.248. The summed E-state index contributed by atoms with van der Waals surface area (Å²) in [6, 6.07) is 15.4. The molecular formula is C20H27FN2O. The predicted molar refractivity (Wildman–Crippen MR) is 97.7 cm³/mol. The van der Waals surface area contributed by atoms with Crippen LogP contribution in [0.15, 0.2) is 48.5 Å². The average Bonchev–Trinajstić information content (AvgIpc) is 2.60. The lowest BCUT2D eigenvalue weighted by atomic mass is 10.1. The van der Waals surface area contributed by atoms with Crippen LogP contribution in [0.25, 0.3) is 0 Å². The monoisotopic (exact) mass is 330 g/mol. The van der Waals surface area contributed by atoms with E-state index in [0.717, 1.165) is 24.1 Å². The van der Waals surface area contributed by atoms with Crippen LogP contribution in [-0.2, 0) is 6.54 Å². The highest BCUT2D eigenvalue weighted by Gasteiger charge is 2.14. The molecule has 3 nitrogen and oxygen atoms in total. The summed E-state index contributed by atoms with van der Waals surface area (Å²) >= 11 is 0. The van der Waals surface area contributed by atoms with Crippen molar-refractivity contribution in [1.29, 1.82) is 0 Å². The van der Waals surface area contributed by atoms with E-state index in [-0.39, 0.29) is 18.5 Å². The number of aliphatic hydroxyl groups excluding tert-OH is 1. The molecule has 0 saturated carbocycles. The van der Waals surface area contributed by atoms with E-state index in [2.05, 4.69) is 12.2 Å². The first-order chi connectivity index (χ1) is 11.7. The third kappa shape index (κ3) is 5.05. The van der Waals surface area contributed by atoms with Crippen LogP contribution < -0.4 is 10.2 Å². The Hall–Kier alpha value is -1.91. The number of hydrogen-bond acceptors (Lipinski definition) is 3. The molecule has 0 spiro atoms. The second-order valence-corrected chi connectivity index (χ2v) is 6.02. The third-order valence-corrected chi connectivity index (χ3v) is 4.10. The minimum Gasteiger partial charge on any atom is -0.395 e. The molecule has 2 N–H and O–H groups in total. The average molecular weight is 330 g/mol. The highest BCUT2D eigenvalue weighted by Crippen LogP contribution is 2.25. The van der Waals surface area contributed by atoms with E-state index in [1.807, 2.05) is 54.3 Å². The van der Waals surface area contributed by atoms with Crippen LogP contribution >= 0.6 is 0 Å². The topological polar surface area (TPSA) is 35.5 Å². The van der Waals surface area contributed by atoms with Crippen LogP contribution in [0.1, 0.15) is 37.4 Å². The molecule has 2 aromatic carbocycles. The Morgan fingerprint density at radius 3 is 2.54 bits per heavy atom. The Labute approximate surface area is 144 Å². The molecule has 0 fully saturated rings. The number of anilines is 1. The molecule has 130 valence electrons. The molecule has 24 heavy (non-hydrogen) atoms. The summed E-state index contributed by atoms with van der Waals surface area (Å²) in [4.78, 5) is 1.87. The normalized spacial score (nSPS) is 12.2. The Bertz CT molecular complexity index is 618. The molecule has 1 unspecified atom stereocenters. The predicted octanol–water partition coefficient (Wildman–Crippen LogP) is 3.89. The number of aliphatic hydroxyl groups is 1. The third-order valence-electron chi connectivity index (χ3n) is 4.10.